The second-order valence-corrected chi connectivity index (χ2v) is 35.8. The van der Waals surface area contributed by atoms with Crippen LogP contribution in [0.5, 0.6) is 11.5 Å². The van der Waals surface area contributed by atoms with Gasteiger partial charge in [0.1, 0.15) is 96.1 Å². The number of carbonyl (C=O) groups excluding carboxylic acids is 17. The molecule has 4 aromatic carbocycles. The molecule has 43 N–H and O–H groups in total. The zero-order chi connectivity index (χ0) is 109. The number of aliphatic carboxylic acids is 1. The molecule has 0 aromatic heterocycles. The number of thiol groups is 2. The minimum Gasteiger partial charge on any atom is -0.508 e. The lowest BCUT2D eigenvalue weighted by Gasteiger charge is -2.31. The predicted octanol–water partition coefficient (Wildman–Crippen LogP) is -6.94. The van der Waals surface area contributed by atoms with Crippen LogP contribution in [0.15, 0.2) is 91.0 Å². The maximum atomic E-state index is 15.5. The van der Waals surface area contributed by atoms with Crippen LogP contribution >= 0.6 is 25.3 Å². The number of amides is 20. The van der Waals surface area contributed by atoms with Crippen LogP contribution in [-0.4, -0.2) is 306 Å². The number of fused-ring (bicyclic) bond motifs is 1. The number of urea groups is 3. The van der Waals surface area contributed by atoms with Crippen molar-refractivity contribution in [1.29, 1.82) is 21.6 Å². The maximum Gasteiger partial charge on any atom is 0.326 e. The Hall–Kier alpha value is -15.7. The van der Waals surface area contributed by atoms with Crippen molar-refractivity contribution in [3.8, 4) is 11.5 Å². The van der Waals surface area contributed by atoms with Crippen molar-refractivity contribution >= 4 is 167 Å². The summed E-state index contributed by atoms with van der Waals surface area (Å²) in [4.78, 5) is 255. The van der Waals surface area contributed by atoms with Crippen molar-refractivity contribution in [3.63, 3.8) is 0 Å². The normalized spacial score (nSPS) is 14.6. The van der Waals surface area contributed by atoms with Gasteiger partial charge in [-0.05, 0) is 180 Å². The highest BCUT2D eigenvalue weighted by Gasteiger charge is 2.42. The fourth-order valence-corrected chi connectivity index (χ4v) is 16.2. The van der Waals surface area contributed by atoms with Crippen molar-refractivity contribution in [2.45, 2.75) is 233 Å². The van der Waals surface area contributed by atoms with Crippen molar-refractivity contribution < 1.29 is 102 Å². The number of hydrogen-bond donors (Lipinski definition) is 37. The quantitative estimate of drug-likeness (QED) is 0.00845. The minimum atomic E-state index is -1.70. The van der Waals surface area contributed by atoms with Gasteiger partial charge < -0.3 is 172 Å². The van der Waals surface area contributed by atoms with Crippen LogP contribution in [0.3, 0.4) is 0 Å². The first-order valence-corrected chi connectivity index (χ1v) is 49.5. The van der Waals surface area contributed by atoms with E-state index in [4.69, 9.17) is 67.5 Å². The number of phenolic OH excluding ortho intramolecular Hbond substituents is 2. The van der Waals surface area contributed by atoms with E-state index in [1.54, 1.807) is 24.3 Å². The van der Waals surface area contributed by atoms with Crippen LogP contribution in [0.1, 0.15) is 146 Å². The Labute approximate surface area is 865 Å². The molecule has 56 heteroatoms. The molecule has 1 aliphatic rings. The Bertz CT molecular complexity index is 5190. The molecule has 148 heavy (non-hydrogen) atoms. The van der Waals surface area contributed by atoms with E-state index in [2.05, 4.69) is 132 Å². The first kappa shape index (κ1) is 123. The summed E-state index contributed by atoms with van der Waals surface area (Å²) in [6.45, 7) is 0.820. The number of guanidine groups is 4. The molecule has 0 radical (unpaired) electrons. The van der Waals surface area contributed by atoms with Gasteiger partial charge in [0.15, 0.2) is 23.8 Å². The smallest absolute Gasteiger partial charge is 0.326 e. The number of carbonyl (C=O) groups is 18. The molecular weight excluding hydrogens is 1970 g/mol. The number of primary amides is 3. The number of hydrogen-bond acceptors (Lipinski definition) is 27. The minimum absolute atomic E-state index is 0.0130. The lowest BCUT2D eigenvalue weighted by molar-refractivity contribution is -0.142. The van der Waals surface area contributed by atoms with Crippen LogP contribution in [0.4, 0.5) is 14.4 Å². The number of rotatable bonds is 67. The highest BCUT2D eigenvalue weighted by molar-refractivity contribution is 7.80. The number of nitrogens with zero attached hydrogens (tertiary/aromatic N) is 1. The summed E-state index contributed by atoms with van der Waals surface area (Å²) in [7, 11) is 0. The Balaban J connectivity index is 1.50. The molecule has 1 saturated heterocycles. The number of unbranched alkanes of at least 4 members (excludes halogenated alkanes) is 1. The van der Waals surface area contributed by atoms with Gasteiger partial charge in [0.25, 0.3) is 0 Å². The monoisotopic (exact) mass is 2110 g/mol. The lowest BCUT2D eigenvalue weighted by Crippen LogP contribution is -2.61. The molecule has 4 aromatic rings. The third-order valence-corrected chi connectivity index (χ3v) is 24.0. The SMILES string of the molecule is CC(=O)N[C@@H](CCCNC(=N)N)C(=O)N[C@@H](CCCNC(=N)N)C(=O)N[C@@H](Cc1ccc2ccccc2c1)C(=O)N[C@@H](CS)C(=O)N[C@@H](Cc1ccc(O)cc1)C(=O)N[C@@H](CCCNC(N)=O)C(=O)N[C@@H](CCCCN)C(=O)N[C@H](CCCNC(N)=O)C(=O)N1CCC[C@H]1C(=O)N[C@@H](Cc1ccc(O)cc1)C(=O)N[C@@H](CCCNC(=N)N)C(=O)N[C@@H](CCCNC(N)=O)C(=O)N[C@@H](CS)C(=O)N[C@@H](CCCNC(=N)N)C(=O)O. The molecule has 14 atom stereocenters. The number of aromatic hydroxyl groups is 2. The second-order valence-electron chi connectivity index (χ2n) is 35.0. The van der Waals surface area contributed by atoms with Gasteiger partial charge in [-0.25, -0.2) is 19.2 Å². The number of likely N-dealkylation sites (tertiary alicyclic amines) is 1. The topological polar surface area (TPSA) is 915 Å². The molecule has 1 fully saturated rings. The summed E-state index contributed by atoms with van der Waals surface area (Å²) >= 11 is 8.67. The molecule has 0 aliphatic carbocycles. The van der Waals surface area contributed by atoms with E-state index in [-0.39, 0.29) is 217 Å². The van der Waals surface area contributed by atoms with Gasteiger partial charge >= 0.3 is 24.1 Å². The van der Waals surface area contributed by atoms with Gasteiger partial charge in [-0.15, -0.1) is 0 Å². The van der Waals surface area contributed by atoms with Crippen molar-refractivity contribution in [2.75, 3.05) is 70.4 Å². The number of nitrogens with one attached hydrogen (secondary N) is 24. The van der Waals surface area contributed by atoms with Crippen LogP contribution in [0.2, 0.25) is 0 Å². The van der Waals surface area contributed by atoms with E-state index in [1.165, 1.54) is 55.5 Å². The van der Waals surface area contributed by atoms with Crippen LogP contribution in [-0.2, 0) is 91.2 Å². The molecule has 54 nitrogen and oxygen atoms in total. The summed E-state index contributed by atoms with van der Waals surface area (Å²) in [6.07, 6.45) is -1.95. The van der Waals surface area contributed by atoms with Gasteiger partial charge in [-0.2, -0.15) is 25.3 Å². The van der Waals surface area contributed by atoms with Crippen molar-refractivity contribution in [2.24, 2.45) is 45.9 Å². The van der Waals surface area contributed by atoms with E-state index in [1.807, 2.05) is 18.2 Å². The zero-order valence-corrected chi connectivity index (χ0v) is 84.0. The van der Waals surface area contributed by atoms with Gasteiger partial charge in [-0.3, -0.25) is 88.8 Å². The Morgan fingerprint density at radius 2 is 0.615 bits per heavy atom. The summed E-state index contributed by atoms with van der Waals surface area (Å²) in [6, 6.07) is -1.28. The van der Waals surface area contributed by atoms with Crippen LogP contribution in [0, 0.1) is 21.6 Å². The molecular formula is C92H143N33O21S2. The molecule has 0 unspecified atom stereocenters. The summed E-state index contributed by atoms with van der Waals surface area (Å²) in [5, 5.41) is 114. The number of phenols is 2. The Kier molecular flexibility index (Phi) is 54.5. The third-order valence-electron chi connectivity index (χ3n) is 23.3. The van der Waals surface area contributed by atoms with E-state index in [0.717, 1.165) is 15.7 Å². The first-order valence-electron chi connectivity index (χ1n) is 48.2. The zero-order valence-electron chi connectivity index (χ0n) is 82.2. The Morgan fingerprint density at radius 3 is 0.953 bits per heavy atom. The second kappa shape index (κ2) is 65.7. The fourth-order valence-electron chi connectivity index (χ4n) is 15.7. The van der Waals surface area contributed by atoms with Gasteiger partial charge in [0.05, 0.1) is 0 Å². The van der Waals surface area contributed by atoms with Crippen LogP contribution < -0.4 is 152 Å². The molecule has 0 spiro atoms. The molecule has 5 rings (SSSR count). The number of benzene rings is 4. The van der Waals surface area contributed by atoms with Gasteiger partial charge in [0.2, 0.25) is 82.7 Å². The molecule has 1 heterocycles. The maximum absolute atomic E-state index is 15.5. The number of carboxylic acid groups (broad SMARTS) is 1. The lowest BCUT2D eigenvalue weighted by atomic mass is 10.00. The fraction of sp³-hybridized carbons (Fsp3) is 0.522. The molecule has 0 bridgehead atoms. The molecule has 20 amide bonds. The van der Waals surface area contributed by atoms with Crippen molar-refractivity contribution in [1.82, 2.24) is 111 Å². The van der Waals surface area contributed by atoms with Gasteiger partial charge in [-0.1, -0.05) is 66.7 Å². The Morgan fingerprint density at radius 1 is 0.338 bits per heavy atom. The average molecular weight is 2110 g/mol. The summed E-state index contributed by atoms with van der Waals surface area (Å²) < 4.78 is 0. The molecule has 1 aliphatic heterocycles. The predicted molar refractivity (Wildman–Crippen MR) is 552 cm³/mol. The largest absolute Gasteiger partial charge is 0.508 e. The summed E-state index contributed by atoms with van der Waals surface area (Å²) in [5.74, 6) is -17.7. The molecule has 814 valence electrons. The average Bonchev–Trinajstić information content (AvgIpc) is 1.59. The highest BCUT2D eigenvalue weighted by Crippen LogP contribution is 2.24. The number of carboxylic acids is 1. The highest BCUT2D eigenvalue weighted by atomic mass is 32.1. The first-order chi connectivity index (χ1) is 70.4. The van der Waals surface area contributed by atoms with E-state index in [9.17, 15) is 68.1 Å². The number of nitrogens with two attached hydrogens (primary N) is 8. The third kappa shape index (κ3) is 46.6. The summed E-state index contributed by atoms with van der Waals surface area (Å²) in [5.41, 5.74) is 45.2. The molecule has 0 saturated carbocycles. The van der Waals surface area contributed by atoms with E-state index >= 15 is 33.6 Å². The van der Waals surface area contributed by atoms with Crippen LogP contribution in [0.25, 0.3) is 10.8 Å². The van der Waals surface area contributed by atoms with Crippen molar-refractivity contribution in [3.05, 3.63) is 108 Å². The standard InChI is InChI=1S/C92H143N33O21S2/c1-50(126)112-58(17-6-36-105-86(94)95)72(129)114-62(19-8-38-107-88(98)99)76(133)120-68(47-53-25-30-54-14-2-3-15-55(54)44-53)80(137)124-70(49-148)82(139)121-66(45-51-26-31-56(127)32-27-51)78(135)116-61(20-9-40-109-90(102)144)73(130)113-59(16-4-5-35-93)75(132)118-64(22-11-42-111-92(104)146)84(141)125-43-13-24-71(125)83(140)122-67(46-52-28-33-57(128)34-29-52)79(136)117-60(18-7-37-106-87(96)97)74(131)115-63(21-10-41-110-91(103)145)77(134)123-69(48-147)81(138)119-65(85(142)143)23-12-39-108-89(100)101/h2-3,14-15,25-34,44,58-71,127-128,147-148H,4-13,16-24,35-43,45-49,93H2,1H3,(H,112,126)(H,113,130)(H,114,129)(H,115,131)(H,116,135)(H,117,136)(H,118,132)(H,119,138)(H,120,133)(H,121,139)(H,122,140)(H,123,134)(H,124,137)(H,142,143)(H4,94,95,105)(H4,96,97,106)(H4,98,99,107)(H4,100,101,108)(H3,102,109,144)(H3,103,110,145)(H3,104,111,146)/t58-,59-,60-,61-,62-,63-,64+,65-,66-,67-,68-,69-,70-,71-/m0/s1. The van der Waals surface area contributed by atoms with E-state index in [0.29, 0.717) is 16.7 Å². The van der Waals surface area contributed by atoms with Gasteiger partial charge in [0, 0.05) is 90.0 Å². The van der Waals surface area contributed by atoms with E-state index < -0.39 is 221 Å².